The molecule has 3 saturated heterocycles. The van der Waals surface area contributed by atoms with Gasteiger partial charge >= 0.3 is 40.7 Å². The van der Waals surface area contributed by atoms with Crippen LogP contribution in [0.2, 0.25) is 0 Å². The first-order chi connectivity index (χ1) is 52.3. The van der Waals surface area contributed by atoms with Crippen molar-refractivity contribution in [3.05, 3.63) is 189 Å². The molecule has 6 heterocycles. The molecule has 600 valence electrons. The van der Waals surface area contributed by atoms with Crippen molar-refractivity contribution in [1.29, 1.82) is 0 Å². The number of esters is 3. The zero-order valence-corrected chi connectivity index (χ0v) is 70.3. The van der Waals surface area contributed by atoms with Gasteiger partial charge in [-0.3, -0.25) is 41.7 Å². The molecule has 3 aliphatic heterocycles. The van der Waals surface area contributed by atoms with E-state index in [2.05, 4.69) is 29.5 Å². The SMILES string of the molecule is [C-]#[N+][C@@H]1C(O)[C@H](COP(=O)(C[C@@H](C)C(=O)OC(C)C)Oc2ccccc2)O[C@@H]1n1cc(C)c(=S)[nH]c1=S.[C-]#[N+][C@@H]1C(O)[C@H](CO[P@@](=O)(C[C@@H](C)C(=O)OC(C)C)Oc2ccccc2)O[C@@H]1n1cc(C)c(=S)[nH]c1=S.[C-]#[N+][C@@H]1C(O)[C@H](CO[P@](=O)(C[C@@H](C)C(=O)OC(C)C)Oc2ccccc2)O[C@@H]1n1cc(C)c(=S)[nH]c1=S. The number of aromatic nitrogens is 6. The van der Waals surface area contributed by atoms with E-state index in [1.165, 1.54) is 13.7 Å². The van der Waals surface area contributed by atoms with Crippen molar-refractivity contribution < 1.29 is 99.0 Å². The first-order valence-corrected chi connectivity index (χ1v) is 42.6. The molecule has 0 bridgehead atoms. The molecule has 0 amide bonds. The lowest BCUT2D eigenvalue weighted by molar-refractivity contribution is -0.152. The van der Waals surface area contributed by atoms with Crippen LogP contribution in [0.5, 0.6) is 17.2 Å². The minimum Gasteiger partial charge on any atom is -0.463 e. The molecule has 9 rings (SSSR count). The summed E-state index contributed by atoms with van der Waals surface area (Å²) in [5, 5.41) is 32.5. The summed E-state index contributed by atoms with van der Waals surface area (Å²) in [7, 11) is -11.8. The van der Waals surface area contributed by atoms with E-state index in [0.717, 1.165) is 0 Å². The van der Waals surface area contributed by atoms with Gasteiger partial charge in [-0.25, -0.2) is 33.4 Å². The lowest BCUT2D eigenvalue weighted by Gasteiger charge is -2.24. The predicted octanol–water partition coefficient (Wildman–Crippen LogP) is 15.0. The Morgan fingerprint density at radius 1 is 0.432 bits per heavy atom. The Morgan fingerprint density at radius 2 is 0.658 bits per heavy atom. The molecule has 4 unspecified atom stereocenters. The van der Waals surface area contributed by atoms with E-state index in [4.69, 9.17) is 149 Å². The molecule has 3 aliphatic rings. The zero-order valence-electron chi connectivity index (χ0n) is 62.7. The molecular formula is C72H90N9O21P3S6. The minimum atomic E-state index is -3.93. The third-order valence-electron chi connectivity index (χ3n) is 16.7. The van der Waals surface area contributed by atoms with Crippen molar-refractivity contribution in [3.8, 4) is 17.2 Å². The number of aliphatic hydroxyl groups is 3. The summed E-state index contributed by atoms with van der Waals surface area (Å²) in [5.74, 6) is -3.09. The van der Waals surface area contributed by atoms with Crippen LogP contribution in [-0.4, -0.2) is 173 Å². The van der Waals surface area contributed by atoms with Crippen molar-refractivity contribution in [1.82, 2.24) is 28.7 Å². The van der Waals surface area contributed by atoms with Crippen molar-refractivity contribution in [2.45, 2.75) is 175 Å². The van der Waals surface area contributed by atoms with Gasteiger partial charge in [-0.15, -0.1) is 0 Å². The standard InChI is InChI=1S/3C24H30N3O7PS2/c3*1-14(2)32-23(29)16(4)13-35(30,34-17-9-7-6-8-10-17)31-12-18-20(28)19(25-5)22(33-18)27-11-15(3)21(36)26-24(27)37/h3*6-11,14,16,18-20,22,28H,12-13H2,1-4H3,(H,26,36,37)/t16-,18+,19-,20?,22+,35?;16-,18+,19-,20?,22+,35+;16-,18+,19-,20?,22+,35-/m111/s1. The monoisotopic (exact) mass is 1700 g/mol. The molecule has 6 N–H and O–H groups in total. The van der Waals surface area contributed by atoms with Crippen LogP contribution >= 0.6 is 96.1 Å². The topological polar surface area (TPSA) is 349 Å². The Morgan fingerprint density at radius 3 is 0.865 bits per heavy atom. The van der Waals surface area contributed by atoms with Crippen LogP contribution in [0.25, 0.3) is 14.5 Å². The van der Waals surface area contributed by atoms with Crippen molar-refractivity contribution in [3.63, 3.8) is 0 Å². The number of para-hydroxylation sites is 3. The fourth-order valence-corrected chi connectivity index (χ4v) is 18.2. The van der Waals surface area contributed by atoms with Gasteiger partial charge in [-0.2, -0.15) is 0 Å². The van der Waals surface area contributed by atoms with E-state index in [9.17, 15) is 43.4 Å². The van der Waals surface area contributed by atoms with Gasteiger partial charge in [-0.05, 0) is 135 Å². The highest BCUT2D eigenvalue weighted by atomic mass is 32.1. The van der Waals surface area contributed by atoms with Crippen molar-refractivity contribution >= 4 is 114 Å². The van der Waals surface area contributed by atoms with Crippen LogP contribution in [0.4, 0.5) is 0 Å². The maximum Gasteiger partial charge on any atom is 0.380 e. The maximum absolute atomic E-state index is 13.8. The van der Waals surface area contributed by atoms with Gasteiger partial charge in [0.2, 0.25) is 18.7 Å². The zero-order chi connectivity index (χ0) is 82.0. The van der Waals surface area contributed by atoms with Crippen LogP contribution in [0.1, 0.15) is 97.7 Å². The number of carbonyl (C=O) groups excluding carboxylic acids is 3. The van der Waals surface area contributed by atoms with Gasteiger partial charge in [0.25, 0.3) is 18.1 Å². The molecule has 3 fully saturated rings. The van der Waals surface area contributed by atoms with Crippen LogP contribution in [0, 0.1) is 86.5 Å². The molecule has 3 aromatic heterocycles. The van der Waals surface area contributed by atoms with E-state index in [1.807, 2.05) is 0 Å². The lowest BCUT2D eigenvalue weighted by Crippen LogP contribution is -2.32. The van der Waals surface area contributed by atoms with Crippen LogP contribution < -0.4 is 13.6 Å². The second-order valence-corrected chi connectivity index (χ2v) is 35.6. The molecule has 0 radical (unpaired) electrons. The number of aliphatic hydroxyl groups excluding tert-OH is 3. The van der Waals surface area contributed by atoms with Gasteiger partial charge in [-0.1, -0.05) is 112 Å². The summed E-state index contributed by atoms with van der Waals surface area (Å²) in [4.78, 5) is 56.4. The van der Waals surface area contributed by atoms with E-state index in [1.54, 1.807) is 193 Å². The second-order valence-electron chi connectivity index (χ2n) is 27.1. The van der Waals surface area contributed by atoms with Crippen molar-refractivity contribution in [2.24, 2.45) is 17.8 Å². The van der Waals surface area contributed by atoms with Crippen molar-refractivity contribution in [2.75, 3.05) is 38.3 Å². The van der Waals surface area contributed by atoms with E-state index >= 15 is 0 Å². The summed E-state index contributed by atoms with van der Waals surface area (Å²) in [6, 6.07) is 22.3. The average molecular weight is 1700 g/mol. The third kappa shape index (κ3) is 25.4. The molecular weight excluding hydrogens is 1610 g/mol. The summed E-state index contributed by atoms with van der Waals surface area (Å²) in [5.41, 5.74) is 2.15. The predicted molar refractivity (Wildman–Crippen MR) is 424 cm³/mol. The Balaban J connectivity index is 0.000000231. The van der Waals surface area contributed by atoms with E-state index in [-0.39, 0.29) is 70.9 Å². The quantitative estimate of drug-likeness (QED) is 0.00802. The molecule has 18 atom stereocenters. The molecule has 0 saturated carbocycles. The van der Waals surface area contributed by atoms with E-state index in [0.29, 0.717) is 47.9 Å². The summed E-state index contributed by atoms with van der Waals surface area (Å²) >= 11 is 31.7. The van der Waals surface area contributed by atoms with Gasteiger partial charge in [0.05, 0.1) is 74.4 Å². The number of H-pyrrole nitrogens is 3. The summed E-state index contributed by atoms with van der Waals surface area (Å²) < 4.78 is 116. The lowest BCUT2D eigenvalue weighted by atomic mass is 10.1. The summed E-state index contributed by atoms with van der Waals surface area (Å²) in [6.07, 6.45) is -6.41. The number of rotatable bonds is 30. The Hall–Kier alpha value is -7.17. The largest absolute Gasteiger partial charge is 0.463 e. The van der Waals surface area contributed by atoms with Gasteiger partial charge in [0.15, 0.2) is 32.6 Å². The molecule has 3 aromatic carbocycles. The van der Waals surface area contributed by atoms with Gasteiger partial charge in [0.1, 0.15) is 49.5 Å². The van der Waals surface area contributed by atoms with Crippen LogP contribution in [-0.2, 0) is 70.1 Å². The van der Waals surface area contributed by atoms with E-state index < -0.39 is 132 Å². The highest BCUT2D eigenvalue weighted by Gasteiger charge is 2.54. The molecule has 30 nitrogen and oxygen atoms in total. The fraction of sp³-hybridized carbons (Fsp3) is 0.500. The molecule has 39 heteroatoms. The number of nitrogens with zero attached hydrogens (tertiary/aromatic N) is 6. The summed E-state index contributed by atoms with van der Waals surface area (Å²) in [6.45, 7) is 42.1. The molecule has 0 aliphatic carbocycles. The Kier molecular flexibility index (Phi) is 33.8. The number of nitrogens with one attached hydrogen (secondary N) is 3. The first-order valence-electron chi connectivity index (χ1n) is 34.9. The number of aryl methyl sites for hydroxylation is 3. The normalized spacial score (nSPS) is 23.7. The van der Waals surface area contributed by atoms with Gasteiger partial charge < -0.3 is 86.8 Å². The minimum absolute atomic E-state index is 0.235. The number of hydrogen-bond donors (Lipinski definition) is 6. The smallest absolute Gasteiger partial charge is 0.380 e. The van der Waals surface area contributed by atoms with Gasteiger partial charge in [0, 0.05) is 35.3 Å². The molecule has 111 heavy (non-hydrogen) atoms. The number of benzene rings is 3. The highest BCUT2D eigenvalue weighted by molar-refractivity contribution is 7.72. The average Bonchev–Trinajstić information content (AvgIpc) is 1.65. The maximum atomic E-state index is 13.8. The number of hydrogen-bond acceptors (Lipinski definition) is 27. The molecule has 0 spiro atoms. The highest BCUT2D eigenvalue weighted by Crippen LogP contribution is 2.54. The second kappa shape index (κ2) is 41.2. The number of aromatic amines is 3. The Labute approximate surface area is 674 Å². The third-order valence-corrected chi connectivity index (χ3v) is 25.0. The van der Waals surface area contributed by atoms with Crippen LogP contribution in [0.15, 0.2) is 110 Å². The number of carbonyl (C=O) groups is 3. The first kappa shape index (κ1) is 91.0. The van der Waals surface area contributed by atoms with Crippen LogP contribution in [0.3, 0.4) is 0 Å². The Bertz CT molecular complexity index is 4400. The molecule has 6 aromatic rings. The number of ether oxygens (including phenoxy) is 6. The fourth-order valence-electron chi connectivity index (χ4n) is 11.1.